The van der Waals surface area contributed by atoms with Crippen LogP contribution in [-0.2, 0) is 0 Å². The summed E-state index contributed by atoms with van der Waals surface area (Å²) in [5, 5.41) is 33.1. The molecule has 0 aliphatic rings. The van der Waals surface area contributed by atoms with Gasteiger partial charge in [-0.05, 0) is 6.92 Å². The molecule has 0 saturated heterocycles. The van der Waals surface area contributed by atoms with Gasteiger partial charge >= 0.3 is 0 Å². The van der Waals surface area contributed by atoms with E-state index in [-0.39, 0.29) is 0 Å². The van der Waals surface area contributed by atoms with Crippen molar-refractivity contribution in [1.82, 2.24) is 0 Å². The molecular weight excluding hydrogens is 112 g/mol. The van der Waals surface area contributed by atoms with Crippen molar-refractivity contribution in [3.05, 3.63) is 0 Å². The van der Waals surface area contributed by atoms with Gasteiger partial charge in [0.25, 0.3) is 0 Å². The monoisotopic (exact) mass is 122 g/mol. The lowest BCUT2D eigenvalue weighted by atomic mass is 10.2. The predicted octanol–water partition coefficient (Wildman–Crippen LogP) is -1.61. The normalized spacial score (nSPS) is 12.8. The topological polar surface area (TPSA) is 80.9 Å². The summed E-state index contributed by atoms with van der Waals surface area (Å²) in [6.45, 7) is 1.08. The molecule has 8 heavy (non-hydrogen) atoms. The number of rotatable bonds is 2. The third-order valence-corrected chi connectivity index (χ3v) is 0.569. The highest BCUT2D eigenvalue weighted by molar-refractivity contribution is 4.55. The van der Waals surface area contributed by atoms with Gasteiger partial charge in [-0.1, -0.05) is 0 Å². The maximum Gasteiger partial charge on any atom is 0.164 e. The highest BCUT2D eigenvalue weighted by Gasteiger charge is 2.18. The van der Waals surface area contributed by atoms with Crippen molar-refractivity contribution in [2.75, 3.05) is 0 Å². The second-order valence-electron chi connectivity index (χ2n) is 1.90. The van der Waals surface area contributed by atoms with E-state index in [1.165, 1.54) is 0 Å². The fourth-order valence-electron chi connectivity index (χ4n) is 0.346. The van der Waals surface area contributed by atoms with E-state index in [4.69, 9.17) is 20.4 Å². The molecule has 0 aromatic rings. The fraction of sp³-hybridized carbons (Fsp3) is 1.00. The van der Waals surface area contributed by atoms with Gasteiger partial charge in [-0.25, -0.2) is 0 Å². The van der Waals surface area contributed by atoms with Crippen LogP contribution in [0.4, 0.5) is 0 Å². The minimum Gasteiger partial charge on any atom is -0.368 e. The zero-order chi connectivity index (χ0) is 6.78. The van der Waals surface area contributed by atoms with Crippen LogP contribution in [-0.4, -0.2) is 32.5 Å². The minimum atomic E-state index is -1.98. The molecule has 4 heteroatoms. The fourth-order valence-corrected chi connectivity index (χ4v) is 0.346. The summed E-state index contributed by atoms with van der Waals surface area (Å²) in [7, 11) is 0. The molecular formula is C4H10O4. The number of aliphatic hydroxyl groups is 4. The zero-order valence-electron chi connectivity index (χ0n) is 4.57. The summed E-state index contributed by atoms with van der Waals surface area (Å²) in [6, 6.07) is 0. The Bertz CT molecular complexity index is 62.9. The molecule has 0 radical (unpaired) electrons. The standard InChI is InChI=1S/C4H10O4/c1-4(7,8)2-3(5)6/h3,5-8H,2H2,1H3. The van der Waals surface area contributed by atoms with Crippen molar-refractivity contribution in [3.8, 4) is 0 Å². The lowest BCUT2D eigenvalue weighted by molar-refractivity contribution is -0.195. The van der Waals surface area contributed by atoms with E-state index in [2.05, 4.69) is 0 Å². The average Bonchev–Trinajstić information content (AvgIpc) is 1.21. The summed E-state index contributed by atoms with van der Waals surface area (Å²) in [5.74, 6) is -1.98. The summed E-state index contributed by atoms with van der Waals surface area (Å²) in [4.78, 5) is 0. The number of hydrogen-bond acceptors (Lipinski definition) is 4. The Kier molecular flexibility index (Phi) is 2.36. The van der Waals surface area contributed by atoms with E-state index in [9.17, 15) is 0 Å². The van der Waals surface area contributed by atoms with Crippen molar-refractivity contribution >= 4 is 0 Å². The van der Waals surface area contributed by atoms with Crippen molar-refractivity contribution in [3.63, 3.8) is 0 Å². The number of aliphatic hydroxyl groups excluding tert-OH is 1. The first-order valence-corrected chi connectivity index (χ1v) is 2.23. The molecule has 0 aliphatic heterocycles. The molecule has 0 aliphatic carbocycles. The van der Waals surface area contributed by atoms with Gasteiger partial charge in [0.1, 0.15) is 0 Å². The second kappa shape index (κ2) is 2.41. The van der Waals surface area contributed by atoms with Gasteiger partial charge in [-0.3, -0.25) is 0 Å². The van der Waals surface area contributed by atoms with Gasteiger partial charge in [0.05, 0.1) is 6.42 Å². The Morgan fingerprint density at radius 3 is 1.75 bits per heavy atom. The molecule has 0 saturated carbocycles. The van der Waals surface area contributed by atoms with E-state index >= 15 is 0 Å². The summed E-state index contributed by atoms with van der Waals surface area (Å²) in [6.07, 6.45) is -2.11. The van der Waals surface area contributed by atoms with Crippen molar-refractivity contribution in [1.29, 1.82) is 0 Å². The average molecular weight is 122 g/mol. The molecule has 0 amide bonds. The van der Waals surface area contributed by atoms with Crippen molar-refractivity contribution in [2.24, 2.45) is 0 Å². The smallest absolute Gasteiger partial charge is 0.164 e. The van der Waals surface area contributed by atoms with Crippen LogP contribution < -0.4 is 0 Å². The molecule has 0 bridgehead atoms. The summed E-state index contributed by atoms with van der Waals surface area (Å²) >= 11 is 0. The molecule has 0 heterocycles. The lowest BCUT2D eigenvalue weighted by Gasteiger charge is -2.15. The van der Waals surface area contributed by atoms with Gasteiger partial charge in [-0.15, -0.1) is 0 Å². The van der Waals surface area contributed by atoms with Crippen LogP contribution in [0, 0.1) is 0 Å². The minimum absolute atomic E-state index is 0.451. The molecule has 0 fully saturated rings. The Morgan fingerprint density at radius 1 is 1.38 bits per heavy atom. The maximum atomic E-state index is 8.42. The van der Waals surface area contributed by atoms with Crippen LogP contribution >= 0.6 is 0 Å². The van der Waals surface area contributed by atoms with Crippen LogP contribution in [0.3, 0.4) is 0 Å². The van der Waals surface area contributed by atoms with Gasteiger partial charge in [0.15, 0.2) is 12.1 Å². The Balaban J connectivity index is 3.39. The second-order valence-corrected chi connectivity index (χ2v) is 1.90. The molecule has 0 rings (SSSR count). The van der Waals surface area contributed by atoms with E-state index < -0.39 is 18.5 Å². The van der Waals surface area contributed by atoms with Crippen LogP contribution in [0.15, 0.2) is 0 Å². The van der Waals surface area contributed by atoms with Crippen LogP contribution in [0.2, 0.25) is 0 Å². The van der Waals surface area contributed by atoms with Gasteiger partial charge in [-0.2, -0.15) is 0 Å². The van der Waals surface area contributed by atoms with Crippen LogP contribution in [0.5, 0.6) is 0 Å². The first-order valence-electron chi connectivity index (χ1n) is 2.23. The molecule has 0 aromatic heterocycles. The van der Waals surface area contributed by atoms with Gasteiger partial charge in [0, 0.05) is 0 Å². The highest BCUT2D eigenvalue weighted by atomic mass is 16.5. The first kappa shape index (κ1) is 7.84. The largest absolute Gasteiger partial charge is 0.368 e. The Labute approximate surface area is 47.0 Å². The molecule has 50 valence electrons. The van der Waals surface area contributed by atoms with Gasteiger partial charge < -0.3 is 20.4 Å². The Morgan fingerprint density at radius 2 is 1.75 bits per heavy atom. The van der Waals surface area contributed by atoms with Crippen molar-refractivity contribution < 1.29 is 20.4 Å². The summed E-state index contributed by atoms with van der Waals surface area (Å²) in [5.41, 5.74) is 0. The first-order chi connectivity index (χ1) is 3.42. The predicted molar refractivity (Wildman–Crippen MR) is 25.7 cm³/mol. The maximum absolute atomic E-state index is 8.42. The third-order valence-electron chi connectivity index (χ3n) is 0.569. The molecule has 4 nitrogen and oxygen atoms in total. The van der Waals surface area contributed by atoms with E-state index in [1.54, 1.807) is 0 Å². The van der Waals surface area contributed by atoms with E-state index in [1.807, 2.05) is 0 Å². The molecule has 0 aromatic carbocycles. The van der Waals surface area contributed by atoms with Crippen molar-refractivity contribution in [2.45, 2.75) is 25.4 Å². The number of hydrogen-bond donors (Lipinski definition) is 4. The van der Waals surface area contributed by atoms with E-state index in [0.29, 0.717) is 0 Å². The SMILES string of the molecule is CC(O)(O)CC(O)O. The molecule has 0 atom stereocenters. The summed E-state index contributed by atoms with van der Waals surface area (Å²) < 4.78 is 0. The highest BCUT2D eigenvalue weighted by Crippen LogP contribution is 2.04. The molecule has 0 unspecified atom stereocenters. The zero-order valence-corrected chi connectivity index (χ0v) is 4.57. The quantitative estimate of drug-likeness (QED) is 0.332. The van der Waals surface area contributed by atoms with E-state index in [0.717, 1.165) is 6.92 Å². The van der Waals surface area contributed by atoms with Crippen LogP contribution in [0.1, 0.15) is 13.3 Å². The molecule has 4 N–H and O–H groups in total. The lowest BCUT2D eigenvalue weighted by Crippen LogP contribution is -2.28. The Hall–Kier alpha value is -0.160. The van der Waals surface area contributed by atoms with Crippen LogP contribution in [0.25, 0.3) is 0 Å². The molecule has 0 spiro atoms. The van der Waals surface area contributed by atoms with Gasteiger partial charge in [0.2, 0.25) is 0 Å². The third kappa shape index (κ3) is 5.84.